The number of hydrogen-bond donors (Lipinski definition) is 1. The van der Waals surface area contributed by atoms with E-state index in [1.165, 1.54) is 6.92 Å². The average Bonchev–Trinajstić information content (AvgIpc) is 3.12. The fourth-order valence-electron chi connectivity index (χ4n) is 3.79. The highest BCUT2D eigenvalue weighted by molar-refractivity contribution is 5.89. The minimum atomic E-state index is -1.70. The van der Waals surface area contributed by atoms with Gasteiger partial charge in [-0.2, -0.15) is 0 Å². The Labute approximate surface area is 142 Å². The molecule has 0 bridgehead atoms. The van der Waals surface area contributed by atoms with Crippen LogP contribution in [0.5, 0.6) is 0 Å². The molecule has 0 amide bonds. The number of rotatable bonds is 0. The van der Waals surface area contributed by atoms with E-state index >= 15 is 0 Å². The highest BCUT2D eigenvalue weighted by Crippen LogP contribution is 2.35. The summed E-state index contributed by atoms with van der Waals surface area (Å²) in [6.45, 7) is 10.5. The molecule has 24 heavy (non-hydrogen) atoms. The number of aliphatic hydroxyl groups is 1. The van der Waals surface area contributed by atoms with Gasteiger partial charge in [0.15, 0.2) is 5.60 Å². The Morgan fingerprint density at radius 3 is 2.79 bits per heavy atom. The van der Waals surface area contributed by atoms with Gasteiger partial charge in [-0.05, 0) is 24.8 Å². The van der Waals surface area contributed by atoms with Crippen molar-refractivity contribution in [1.29, 1.82) is 0 Å². The summed E-state index contributed by atoms with van der Waals surface area (Å²) in [6, 6.07) is -0.0494. The summed E-state index contributed by atoms with van der Waals surface area (Å²) in [7, 11) is 0. The van der Waals surface area contributed by atoms with Crippen LogP contribution in [0.25, 0.3) is 0 Å². The van der Waals surface area contributed by atoms with Gasteiger partial charge in [-0.25, -0.2) is 9.59 Å². The maximum absolute atomic E-state index is 12.5. The van der Waals surface area contributed by atoms with Gasteiger partial charge in [-0.15, -0.1) is 0 Å². The molecule has 0 saturated carbocycles. The van der Waals surface area contributed by atoms with Crippen molar-refractivity contribution in [2.24, 2.45) is 11.8 Å². The Kier molecular flexibility index (Phi) is 4.30. The highest BCUT2D eigenvalue weighted by Gasteiger charge is 2.46. The molecular weight excluding hydrogens is 310 g/mol. The van der Waals surface area contributed by atoms with E-state index in [2.05, 4.69) is 11.5 Å². The second-order valence-electron chi connectivity index (χ2n) is 7.28. The van der Waals surface area contributed by atoms with E-state index in [4.69, 9.17) is 9.47 Å². The molecular formula is C18H25NO5. The zero-order valence-corrected chi connectivity index (χ0v) is 14.4. The van der Waals surface area contributed by atoms with Gasteiger partial charge in [0.25, 0.3) is 0 Å². The van der Waals surface area contributed by atoms with Gasteiger partial charge < -0.3 is 14.6 Å². The molecule has 0 spiro atoms. The monoisotopic (exact) mass is 335 g/mol. The summed E-state index contributed by atoms with van der Waals surface area (Å²) >= 11 is 0. The van der Waals surface area contributed by atoms with Crippen LogP contribution in [0.1, 0.15) is 27.2 Å². The molecule has 3 heterocycles. The summed E-state index contributed by atoms with van der Waals surface area (Å²) in [5, 5.41) is 10.6. The Morgan fingerprint density at radius 2 is 2.08 bits per heavy atom. The maximum Gasteiger partial charge on any atom is 0.338 e. The minimum absolute atomic E-state index is 0.0494. The number of hydrogen-bond acceptors (Lipinski definition) is 6. The summed E-state index contributed by atoms with van der Waals surface area (Å²) in [4.78, 5) is 27.1. The molecule has 1 N–H and O–H groups in total. The number of carbonyl (C=O) groups is 2. The van der Waals surface area contributed by atoms with Gasteiger partial charge in [-0.3, -0.25) is 4.90 Å². The molecule has 0 aromatic heterocycles. The molecule has 6 heteroatoms. The predicted molar refractivity (Wildman–Crippen MR) is 87.0 cm³/mol. The lowest BCUT2D eigenvalue weighted by Crippen LogP contribution is -2.47. The number of carbonyl (C=O) groups excluding carboxylic acids is 2. The van der Waals surface area contributed by atoms with E-state index < -0.39 is 29.4 Å². The van der Waals surface area contributed by atoms with Crippen LogP contribution in [0.4, 0.5) is 0 Å². The van der Waals surface area contributed by atoms with Gasteiger partial charge in [0.1, 0.15) is 12.7 Å². The fraction of sp³-hybridized carbons (Fsp3) is 0.667. The van der Waals surface area contributed by atoms with Crippen molar-refractivity contribution in [3.63, 3.8) is 0 Å². The first-order valence-corrected chi connectivity index (χ1v) is 8.45. The molecule has 3 rings (SSSR count). The van der Waals surface area contributed by atoms with Gasteiger partial charge >= 0.3 is 11.9 Å². The summed E-state index contributed by atoms with van der Waals surface area (Å²) in [5.74, 6) is -2.05. The summed E-state index contributed by atoms with van der Waals surface area (Å²) in [6.07, 6.45) is 2.53. The lowest BCUT2D eigenvalue weighted by molar-refractivity contribution is -0.170. The van der Waals surface area contributed by atoms with Crippen LogP contribution >= 0.6 is 0 Å². The van der Waals surface area contributed by atoms with E-state index in [0.29, 0.717) is 0 Å². The van der Waals surface area contributed by atoms with Crippen molar-refractivity contribution < 1.29 is 24.2 Å². The number of esters is 2. The highest BCUT2D eigenvalue weighted by atomic mass is 16.6. The van der Waals surface area contributed by atoms with Crippen molar-refractivity contribution in [2.75, 3.05) is 19.7 Å². The lowest BCUT2D eigenvalue weighted by atomic mass is 9.78. The van der Waals surface area contributed by atoms with E-state index in [1.54, 1.807) is 13.8 Å². The van der Waals surface area contributed by atoms with Gasteiger partial charge in [0, 0.05) is 24.6 Å². The first kappa shape index (κ1) is 17.2. The van der Waals surface area contributed by atoms with Crippen molar-refractivity contribution in [2.45, 2.75) is 44.9 Å². The quantitative estimate of drug-likeness (QED) is 0.405. The van der Waals surface area contributed by atoms with Crippen LogP contribution in [0.15, 0.2) is 23.8 Å². The lowest BCUT2D eigenvalue weighted by Gasteiger charge is -2.34. The topological polar surface area (TPSA) is 76.1 Å². The normalized spacial score (nSPS) is 41.0. The van der Waals surface area contributed by atoms with Crippen LogP contribution in [0.3, 0.4) is 0 Å². The minimum Gasteiger partial charge on any atom is -0.459 e. The first-order valence-electron chi connectivity index (χ1n) is 8.45. The van der Waals surface area contributed by atoms with Gasteiger partial charge in [0.05, 0.1) is 6.04 Å². The molecule has 0 aliphatic carbocycles. The molecule has 3 aliphatic rings. The Balaban J connectivity index is 1.92. The van der Waals surface area contributed by atoms with E-state index in [0.717, 1.165) is 25.1 Å². The Hall–Kier alpha value is -1.66. The molecule has 0 radical (unpaired) electrons. The smallest absolute Gasteiger partial charge is 0.338 e. The molecule has 0 aromatic rings. The van der Waals surface area contributed by atoms with Crippen molar-refractivity contribution in [3.8, 4) is 0 Å². The second kappa shape index (κ2) is 6.01. The third kappa shape index (κ3) is 2.67. The van der Waals surface area contributed by atoms with Crippen molar-refractivity contribution in [3.05, 3.63) is 23.8 Å². The number of cyclic esters (lactones) is 1. The van der Waals surface area contributed by atoms with E-state index in [9.17, 15) is 14.7 Å². The van der Waals surface area contributed by atoms with Crippen LogP contribution in [0, 0.1) is 11.8 Å². The zero-order valence-electron chi connectivity index (χ0n) is 14.4. The number of nitrogens with zero attached hydrogens (tertiary/aromatic N) is 1. The fourth-order valence-corrected chi connectivity index (χ4v) is 3.79. The summed E-state index contributed by atoms with van der Waals surface area (Å²) < 4.78 is 11.1. The second-order valence-corrected chi connectivity index (χ2v) is 7.28. The molecule has 3 aliphatic heterocycles. The van der Waals surface area contributed by atoms with Crippen LogP contribution in [-0.4, -0.2) is 59.4 Å². The molecule has 5 atom stereocenters. The summed E-state index contributed by atoms with van der Waals surface area (Å²) in [5.41, 5.74) is -0.491. The Morgan fingerprint density at radius 1 is 1.38 bits per heavy atom. The first-order chi connectivity index (χ1) is 11.2. The molecule has 2 fully saturated rings. The third-order valence-corrected chi connectivity index (χ3v) is 5.90. The van der Waals surface area contributed by atoms with Crippen molar-refractivity contribution in [1.82, 2.24) is 4.90 Å². The van der Waals surface area contributed by atoms with E-state index in [1.807, 2.05) is 6.08 Å². The predicted octanol–water partition coefficient (Wildman–Crippen LogP) is 1.05. The van der Waals surface area contributed by atoms with Crippen molar-refractivity contribution >= 4 is 11.9 Å². The average molecular weight is 335 g/mol. The SMILES string of the molecule is C=C1C(=O)O[C@@H]2CCN3CC=C(COC(=O)[C@](C)(O)[C@@H](C)[C@H]1C)[C@H]23. The van der Waals surface area contributed by atoms with Crippen LogP contribution < -0.4 is 0 Å². The van der Waals surface area contributed by atoms with E-state index in [-0.39, 0.29) is 24.3 Å². The molecule has 132 valence electrons. The maximum atomic E-state index is 12.5. The molecule has 6 nitrogen and oxygen atoms in total. The molecule has 0 aromatic carbocycles. The third-order valence-electron chi connectivity index (χ3n) is 5.90. The van der Waals surface area contributed by atoms with Crippen LogP contribution in [0.2, 0.25) is 0 Å². The zero-order chi connectivity index (χ0) is 17.6. The van der Waals surface area contributed by atoms with Gasteiger partial charge in [-0.1, -0.05) is 26.5 Å². The standard InChI is InChI=1S/C18H25NO5/c1-10-11(2)16(20)24-14-6-8-19-7-5-13(15(14)19)9-23-17(21)18(4,22)12(10)3/h5,10,12,14-15,22H,2,6-9H2,1,3-4H3/t10-,12-,14+,15+,18+/m0/s1. The Bertz CT molecular complexity index is 609. The largest absolute Gasteiger partial charge is 0.459 e. The van der Waals surface area contributed by atoms with Gasteiger partial charge in [0.2, 0.25) is 0 Å². The molecule has 0 unspecified atom stereocenters. The molecule has 2 saturated heterocycles. The number of ether oxygens (including phenoxy) is 2. The van der Waals surface area contributed by atoms with Crippen LogP contribution in [-0.2, 0) is 19.1 Å².